The average molecular weight is 250 g/mol. The molecule has 18 heavy (non-hydrogen) atoms. The van der Waals surface area contributed by atoms with Crippen molar-refractivity contribution in [3.63, 3.8) is 0 Å². The Morgan fingerprint density at radius 2 is 2.17 bits per heavy atom. The summed E-state index contributed by atoms with van der Waals surface area (Å²) in [5.41, 5.74) is 0.491. The van der Waals surface area contributed by atoms with Crippen LogP contribution in [-0.2, 0) is 9.53 Å². The maximum absolute atomic E-state index is 11.7. The fourth-order valence-electron chi connectivity index (χ4n) is 2.78. The molecule has 0 aliphatic heterocycles. The Kier molecular flexibility index (Phi) is 6.17. The molecular formula is C16H26O2. The van der Waals surface area contributed by atoms with E-state index in [9.17, 15) is 4.79 Å². The van der Waals surface area contributed by atoms with Gasteiger partial charge in [0.05, 0.1) is 0 Å². The molecule has 0 spiro atoms. The summed E-state index contributed by atoms with van der Waals surface area (Å²) in [5, 5.41) is 0. The van der Waals surface area contributed by atoms with Crippen LogP contribution in [-0.4, -0.2) is 12.1 Å². The molecule has 0 aromatic rings. The minimum atomic E-state index is -0.244. The van der Waals surface area contributed by atoms with Crippen molar-refractivity contribution in [2.45, 2.75) is 58.5 Å². The molecule has 3 atom stereocenters. The van der Waals surface area contributed by atoms with Crippen molar-refractivity contribution in [1.29, 1.82) is 0 Å². The number of allylic oxidation sites excluding steroid dienone is 1. The molecule has 1 aliphatic rings. The lowest BCUT2D eigenvalue weighted by Crippen LogP contribution is -2.35. The summed E-state index contributed by atoms with van der Waals surface area (Å²) >= 11 is 0. The third kappa shape index (κ3) is 4.01. The molecule has 2 heteroatoms. The van der Waals surface area contributed by atoms with Gasteiger partial charge in [-0.05, 0) is 38.5 Å². The van der Waals surface area contributed by atoms with Crippen LogP contribution in [0.4, 0.5) is 0 Å². The van der Waals surface area contributed by atoms with Gasteiger partial charge in [0.2, 0.25) is 0 Å². The number of esters is 1. The molecular weight excluding hydrogens is 224 g/mol. The van der Waals surface area contributed by atoms with Crippen LogP contribution in [0.1, 0.15) is 52.4 Å². The fraction of sp³-hybridized carbons (Fsp3) is 0.688. The van der Waals surface area contributed by atoms with Crippen LogP contribution in [0.15, 0.2) is 24.8 Å². The van der Waals surface area contributed by atoms with Crippen molar-refractivity contribution in [2.24, 2.45) is 11.8 Å². The van der Waals surface area contributed by atoms with E-state index in [1.165, 1.54) is 19.3 Å². The van der Waals surface area contributed by atoms with Gasteiger partial charge in [-0.15, -0.1) is 6.58 Å². The molecule has 0 heterocycles. The highest BCUT2D eigenvalue weighted by molar-refractivity contribution is 5.87. The molecule has 1 aliphatic carbocycles. The maximum atomic E-state index is 11.7. The van der Waals surface area contributed by atoms with Crippen molar-refractivity contribution < 1.29 is 9.53 Å². The Balaban J connectivity index is 2.68. The number of rotatable bonds is 6. The van der Waals surface area contributed by atoms with Gasteiger partial charge in [0.1, 0.15) is 6.10 Å². The minimum absolute atomic E-state index is 0.0532. The van der Waals surface area contributed by atoms with E-state index in [2.05, 4.69) is 20.1 Å². The van der Waals surface area contributed by atoms with E-state index in [-0.39, 0.29) is 12.1 Å². The Hall–Kier alpha value is -1.05. The molecule has 0 aromatic heterocycles. The van der Waals surface area contributed by atoms with E-state index in [1.54, 1.807) is 6.92 Å². The number of hydrogen-bond donors (Lipinski definition) is 0. The SMILES string of the molecule is C=CC1CCCC(OC(=O)C(=C)C)C1CCCC. The first-order chi connectivity index (χ1) is 8.60. The van der Waals surface area contributed by atoms with Gasteiger partial charge in [-0.2, -0.15) is 0 Å². The maximum Gasteiger partial charge on any atom is 0.333 e. The Bertz CT molecular complexity index is 306. The van der Waals surface area contributed by atoms with Crippen molar-refractivity contribution in [2.75, 3.05) is 0 Å². The fourth-order valence-corrected chi connectivity index (χ4v) is 2.78. The highest BCUT2D eigenvalue weighted by Crippen LogP contribution is 2.36. The smallest absolute Gasteiger partial charge is 0.333 e. The molecule has 2 nitrogen and oxygen atoms in total. The van der Waals surface area contributed by atoms with Crippen molar-refractivity contribution in [3.8, 4) is 0 Å². The third-order valence-corrected chi connectivity index (χ3v) is 3.85. The zero-order chi connectivity index (χ0) is 13.5. The number of carbonyl (C=O) groups excluding carboxylic acids is 1. The lowest BCUT2D eigenvalue weighted by atomic mass is 9.75. The lowest BCUT2D eigenvalue weighted by molar-refractivity contribution is -0.150. The van der Waals surface area contributed by atoms with Gasteiger partial charge in [-0.1, -0.05) is 32.4 Å². The molecule has 1 fully saturated rings. The number of unbranched alkanes of at least 4 members (excludes halogenated alkanes) is 1. The number of ether oxygens (including phenoxy) is 1. The number of hydrogen-bond acceptors (Lipinski definition) is 2. The highest BCUT2D eigenvalue weighted by atomic mass is 16.5. The predicted molar refractivity (Wildman–Crippen MR) is 75.2 cm³/mol. The highest BCUT2D eigenvalue weighted by Gasteiger charge is 2.33. The third-order valence-electron chi connectivity index (χ3n) is 3.85. The molecule has 0 aromatic carbocycles. The van der Waals surface area contributed by atoms with Crippen molar-refractivity contribution in [3.05, 3.63) is 24.8 Å². The zero-order valence-electron chi connectivity index (χ0n) is 11.8. The van der Waals surface area contributed by atoms with E-state index in [0.29, 0.717) is 17.4 Å². The number of carbonyl (C=O) groups is 1. The molecule has 0 saturated heterocycles. The molecule has 0 amide bonds. The molecule has 102 valence electrons. The van der Waals surface area contributed by atoms with Gasteiger partial charge in [-0.25, -0.2) is 4.79 Å². The summed E-state index contributed by atoms with van der Waals surface area (Å²) in [6.45, 7) is 11.5. The largest absolute Gasteiger partial charge is 0.459 e. The summed E-state index contributed by atoms with van der Waals surface area (Å²) < 4.78 is 5.61. The zero-order valence-corrected chi connectivity index (χ0v) is 11.8. The molecule has 1 rings (SSSR count). The first kappa shape index (κ1) is 15.0. The van der Waals surface area contributed by atoms with Gasteiger partial charge in [0.25, 0.3) is 0 Å². The van der Waals surface area contributed by atoms with Crippen molar-refractivity contribution >= 4 is 5.97 Å². The first-order valence-electron chi connectivity index (χ1n) is 7.09. The Labute approximate surface area is 111 Å². The average Bonchev–Trinajstić information content (AvgIpc) is 2.36. The molecule has 0 radical (unpaired) electrons. The van der Waals surface area contributed by atoms with E-state index in [0.717, 1.165) is 19.3 Å². The van der Waals surface area contributed by atoms with Gasteiger partial charge < -0.3 is 4.74 Å². The van der Waals surface area contributed by atoms with Crippen molar-refractivity contribution in [1.82, 2.24) is 0 Å². The van der Waals surface area contributed by atoms with Crippen LogP contribution in [0.5, 0.6) is 0 Å². The van der Waals surface area contributed by atoms with Gasteiger partial charge in [-0.3, -0.25) is 0 Å². The standard InChI is InChI=1S/C16H26O2/c1-5-7-10-14-13(6-2)9-8-11-15(14)18-16(17)12(3)4/h6,13-15H,2-3,5,7-11H2,1,4H3. The van der Waals surface area contributed by atoms with Crippen LogP contribution < -0.4 is 0 Å². The second-order valence-corrected chi connectivity index (χ2v) is 5.36. The summed E-state index contributed by atoms with van der Waals surface area (Å²) in [6, 6.07) is 0. The topological polar surface area (TPSA) is 26.3 Å². The molecule has 0 N–H and O–H groups in total. The van der Waals surface area contributed by atoms with Crippen LogP contribution >= 0.6 is 0 Å². The Morgan fingerprint density at radius 1 is 1.44 bits per heavy atom. The van der Waals surface area contributed by atoms with Crippen LogP contribution in [0.2, 0.25) is 0 Å². The second kappa shape index (κ2) is 7.40. The first-order valence-corrected chi connectivity index (χ1v) is 7.09. The van der Waals surface area contributed by atoms with Crippen LogP contribution in [0, 0.1) is 11.8 Å². The summed E-state index contributed by atoms with van der Waals surface area (Å²) in [5.74, 6) is 0.693. The predicted octanol–water partition coefficient (Wildman–Crippen LogP) is 4.27. The molecule has 1 saturated carbocycles. The summed E-state index contributed by atoms with van der Waals surface area (Å²) in [7, 11) is 0. The van der Waals surface area contributed by atoms with Gasteiger partial charge in [0.15, 0.2) is 0 Å². The van der Waals surface area contributed by atoms with E-state index in [1.807, 2.05) is 6.08 Å². The minimum Gasteiger partial charge on any atom is -0.459 e. The quantitative estimate of drug-likeness (QED) is 0.400. The van der Waals surface area contributed by atoms with Gasteiger partial charge >= 0.3 is 5.97 Å². The lowest BCUT2D eigenvalue weighted by Gasteiger charge is -2.36. The summed E-state index contributed by atoms with van der Waals surface area (Å²) in [4.78, 5) is 11.7. The Morgan fingerprint density at radius 3 is 2.72 bits per heavy atom. The van der Waals surface area contributed by atoms with Gasteiger partial charge in [0, 0.05) is 11.5 Å². The van der Waals surface area contributed by atoms with Crippen LogP contribution in [0.25, 0.3) is 0 Å². The molecule has 0 bridgehead atoms. The second-order valence-electron chi connectivity index (χ2n) is 5.36. The molecule has 3 unspecified atom stereocenters. The van der Waals surface area contributed by atoms with E-state index >= 15 is 0 Å². The summed E-state index contributed by atoms with van der Waals surface area (Å²) in [6.07, 6.45) is 8.88. The van der Waals surface area contributed by atoms with E-state index in [4.69, 9.17) is 4.74 Å². The van der Waals surface area contributed by atoms with Crippen LogP contribution in [0.3, 0.4) is 0 Å². The normalized spacial score (nSPS) is 27.6. The monoisotopic (exact) mass is 250 g/mol. The van der Waals surface area contributed by atoms with E-state index < -0.39 is 0 Å².